The van der Waals surface area contributed by atoms with Gasteiger partial charge in [-0.1, -0.05) is 12.1 Å². The van der Waals surface area contributed by atoms with E-state index < -0.39 is 0 Å². The summed E-state index contributed by atoms with van der Waals surface area (Å²) in [6.45, 7) is 2.56. The van der Waals surface area contributed by atoms with Gasteiger partial charge in [0, 0.05) is 23.5 Å². The van der Waals surface area contributed by atoms with Gasteiger partial charge in [-0.25, -0.2) is 4.79 Å². The van der Waals surface area contributed by atoms with Crippen molar-refractivity contribution in [2.45, 2.75) is 25.8 Å². The van der Waals surface area contributed by atoms with E-state index in [1.54, 1.807) is 30.3 Å². The molecule has 3 rings (SSSR count). The van der Waals surface area contributed by atoms with Crippen molar-refractivity contribution in [1.29, 1.82) is 0 Å². The van der Waals surface area contributed by atoms with Crippen LogP contribution in [0.25, 0.3) is 6.08 Å². The zero-order valence-corrected chi connectivity index (χ0v) is 15.2. The number of nitrogens with one attached hydrogen (secondary N) is 3. The fourth-order valence-electron chi connectivity index (χ4n) is 2.41. The number of rotatable bonds is 7. The number of hydrogen-bond donors (Lipinski definition) is 3. The lowest BCUT2D eigenvalue weighted by Gasteiger charge is -2.08. The molecule has 0 saturated heterocycles. The minimum Gasteiger partial charge on any atom is -0.494 e. The van der Waals surface area contributed by atoms with Gasteiger partial charge >= 0.3 is 6.03 Å². The Labute approximate surface area is 158 Å². The van der Waals surface area contributed by atoms with Crippen molar-refractivity contribution in [2.24, 2.45) is 0 Å². The largest absolute Gasteiger partial charge is 0.494 e. The molecule has 1 saturated carbocycles. The van der Waals surface area contributed by atoms with Crippen LogP contribution in [0.1, 0.15) is 25.3 Å². The lowest BCUT2D eigenvalue weighted by Crippen LogP contribution is -2.30. The molecule has 0 spiro atoms. The predicted molar refractivity (Wildman–Crippen MR) is 107 cm³/mol. The first-order valence-electron chi connectivity index (χ1n) is 9.02. The minimum atomic E-state index is -0.226. The average molecular weight is 365 g/mol. The van der Waals surface area contributed by atoms with Gasteiger partial charge in [-0.05, 0) is 67.8 Å². The van der Waals surface area contributed by atoms with E-state index in [9.17, 15) is 9.59 Å². The summed E-state index contributed by atoms with van der Waals surface area (Å²) in [6.07, 6.45) is 5.30. The van der Waals surface area contributed by atoms with Crippen molar-refractivity contribution < 1.29 is 14.3 Å². The van der Waals surface area contributed by atoms with Crippen molar-refractivity contribution in [3.63, 3.8) is 0 Å². The Bertz CT molecular complexity index is 810. The van der Waals surface area contributed by atoms with E-state index in [0.717, 1.165) is 24.2 Å². The topological polar surface area (TPSA) is 79.5 Å². The first-order chi connectivity index (χ1) is 13.1. The molecule has 0 radical (unpaired) electrons. The summed E-state index contributed by atoms with van der Waals surface area (Å²) in [4.78, 5) is 23.7. The van der Waals surface area contributed by atoms with Crippen molar-refractivity contribution in [3.05, 3.63) is 60.2 Å². The molecule has 1 fully saturated rings. The molecule has 27 heavy (non-hydrogen) atoms. The van der Waals surface area contributed by atoms with E-state index in [1.165, 1.54) is 6.08 Å². The summed E-state index contributed by atoms with van der Waals surface area (Å²) in [6, 6.07) is 14.6. The Morgan fingerprint density at radius 1 is 1.00 bits per heavy atom. The normalized spacial score (nSPS) is 13.2. The number of carbonyl (C=O) groups is 2. The van der Waals surface area contributed by atoms with Crippen molar-refractivity contribution in [3.8, 4) is 5.75 Å². The van der Waals surface area contributed by atoms with Crippen LogP contribution in [0.3, 0.4) is 0 Å². The first-order valence-corrected chi connectivity index (χ1v) is 9.02. The molecule has 1 aliphatic rings. The van der Waals surface area contributed by atoms with Gasteiger partial charge in [0.05, 0.1) is 6.61 Å². The zero-order valence-electron chi connectivity index (χ0n) is 15.2. The van der Waals surface area contributed by atoms with Crippen LogP contribution in [0.4, 0.5) is 16.2 Å². The van der Waals surface area contributed by atoms with Crippen LogP contribution >= 0.6 is 0 Å². The van der Waals surface area contributed by atoms with Crippen molar-refractivity contribution >= 4 is 29.4 Å². The SMILES string of the molecule is CCOc1ccc(/C=C/C(=O)Nc2ccc(NC(=O)NC3CC3)cc2)cc1. The number of anilines is 2. The molecule has 0 atom stereocenters. The summed E-state index contributed by atoms with van der Waals surface area (Å²) in [7, 11) is 0. The van der Waals surface area contributed by atoms with Crippen LogP contribution in [0.5, 0.6) is 5.75 Å². The third kappa shape index (κ3) is 6.18. The maximum absolute atomic E-state index is 12.0. The number of hydrogen-bond acceptors (Lipinski definition) is 3. The van der Waals surface area contributed by atoms with Gasteiger partial charge in [-0.15, -0.1) is 0 Å². The second kappa shape index (κ2) is 8.89. The molecule has 2 aromatic carbocycles. The van der Waals surface area contributed by atoms with E-state index in [4.69, 9.17) is 4.74 Å². The van der Waals surface area contributed by atoms with Crippen LogP contribution in [0.2, 0.25) is 0 Å². The standard InChI is InChI=1S/C21H23N3O3/c1-2-27-19-12-3-15(4-13-19)5-14-20(25)22-16-6-8-17(9-7-16)23-21(26)24-18-10-11-18/h3-9,12-14,18H,2,10-11H2,1H3,(H,22,25)(H2,23,24,26)/b14-5+. The highest BCUT2D eigenvalue weighted by molar-refractivity contribution is 6.02. The summed E-state index contributed by atoms with van der Waals surface area (Å²) in [5.41, 5.74) is 2.25. The molecule has 140 valence electrons. The fraction of sp³-hybridized carbons (Fsp3) is 0.238. The van der Waals surface area contributed by atoms with Gasteiger partial charge in [0.1, 0.15) is 5.75 Å². The smallest absolute Gasteiger partial charge is 0.319 e. The van der Waals surface area contributed by atoms with Gasteiger partial charge in [0.25, 0.3) is 0 Å². The van der Waals surface area contributed by atoms with Gasteiger partial charge in [-0.2, -0.15) is 0 Å². The number of urea groups is 1. The molecule has 0 aromatic heterocycles. The van der Waals surface area contributed by atoms with Crippen LogP contribution in [-0.2, 0) is 4.79 Å². The molecule has 3 N–H and O–H groups in total. The fourth-order valence-corrected chi connectivity index (χ4v) is 2.41. The summed E-state index contributed by atoms with van der Waals surface area (Å²) < 4.78 is 5.39. The van der Waals surface area contributed by atoms with E-state index in [1.807, 2.05) is 31.2 Å². The molecular weight excluding hydrogens is 342 g/mol. The van der Waals surface area contributed by atoms with Crippen LogP contribution in [0.15, 0.2) is 54.6 Å². The van der Waals surface area contributed by atoms with E-state index in [2.05, 4.69) is 16.0 Å². The monoisotopic (exact) mass is 365 g/mol. The molecule has 6 heteroatoms. The molecule has 2 aromatic rings. The van der Waals surface area contributed by atoms with Crippen molar-refractivity contribution in [2.75, 3.05) is 17.2 Å². The molecule has 1 aliphatic carbocycles. The second-order valence-corrected chi connectivity index (χ2v) is 6.27. The molecule has 0 aliphatic heterocycles. The lowest BCUT2D eigenvalue weighted by molar-refractivity contribution is -0.111. The molecule has 0 bridgehead atoms. The van der Waals surface area contributed by atoms with Gasteiger partial charge < -0.3 is 20.7 Å². The third-order valence-electron chi connectivity index (χ3n) is 3.94. The Morgan fingerprint density at radius 3 is 2.22 bits per heavy atom. The Morgan fingerprint density at radius 2 is 1.63 bits per heavy atom. The number of amides is 3. The van der Waals surface area contributed by atoms with E-state index >= 15 is 0 Å². The molecule has 3 amide bonds. The van der Waals surface area contributed by atoms with Gasteiger partial charge in [0.2, 0.25) is 5.91 Å². The highest BCUT2D eigenvalue weighted by Crippen LogP contribution is 2.19. The lowest BCUT2D eigenvalue weighted by atomic mass is 10.2. The quantitative estimate of drug-likeness (QED) is 0.648. The maximum Gasteiger partial charge on any atom is 0.319 e. The Hall–Kier alpha value is -3.28. The first kappa shape index (κ1) is 18.5. The third-order valence-corrected chi connectivity index (χ3v) is 3.94. The van der Waals surface area contributed by atoms with E-state index in [0.29, 0.717) is 24.0 Å². The average Bonchev–Trinajstić information content (AvgIpc) is 3.47. The Kier molecular flexibility index (Phi) is 6.10. The zero-order chi connectivity index (χ0) is 19.1. The number of carbonyl (C=O) groups excluding carboxylic acids is 2. The summed E-state index contributed by atoms with van der Waals surface area (Å²) in [5.74, 6) is 0.578. The van der Waals surface area contributed by atoms with Crippen molar-refractivity contribution in [1.82, 2.24) is 5.32 Å². The highest BCUT2D eigenvalue weighted by Gasteiger charge is 2.23. The van der Waals surface area contributed by atoms with Crippen LogP contribution in [0, 0.1) is 0 Å². The molecular formula is C21H23N3O3. The second-order valence-electron chi connectivity index (χ2n) is 6.27. The number of ether oxygens (including phenoxy) is 1. The van der Waals surface area contributed by atoms with E-state index in [-0.39, 0.29) is 11.9 Å². The highest BCUT2D eigenvalue weighted by atomic mass is 16.5. The molecule has 6 nitrogen and oxygen atoms in total. The van der Waals surface area contributed by atoms with Gasteiger partial charge in [-0.3, -0.25) is 4.79 Å². The van der Waals surface area contributed by atoms with Crippen LogP contribution < -0.4 is 20.7 Å². The van der Waals surface area contributed by atoms with Gasteiger partial charge in [0.15, 0.2) is 0 Å². The predicted octanol–water partition coefficient (Wildman–Crippen LogP) is 4.02. The Balaban J connectivity index is 1.48. The van der Waals surface area contributed by atoms with Crippen LogP contribution in [-0.4, -0.2) is 24.6 Å². The summed E-state index contributed by atoms with van der Waals surface area (Å²) >= 11 is 0. The summed E-state index contributed by atoms with van der Waals surface area (Å²) in [5, 5.41) is 8.41. The number of benzene rings is 2. The maximum atomic E-state index is 12.0. The molecule has 0 unspecified atom stereocenters. The molecule has 0 heterocycles. The minimum absolute atomic E-state index is 0.201.